The summed E-state index contributed by atoms with van der Waals surface area (Å²) < 4.78 is 0. The molecule has 0 spiro atoms. The first-order valence-electron chi connectivity index (χ1n) is 8.55. The van der Waals surface area contributed by atoms with E-state index in [9.17, 15) is 0 Å². The predicted molar refractivity (Wildman–Crippen MR) is 99.1 cm³/mol. The molecule has 0 aliphatic rings. The topological polar surface area (TPSA) is 12.0 Å². The molecule has 0 unspecified atom stereocenters. The minimum Gasteiger partial charge on any atom is -0.312 e. The highest BCUT2D eigenvalue weighted by Crippen LogP contribution is 2.22. The molecule has 120 valence electrons. The van der Waals surface area contributed by atoms with Crippen LogP contribution in [-0.4, -0.2) is 14.6 Å². The van der Waals surface area contributed by atoms with Crippen molar-refractivity contribution < 1.29 is 0 Å². The van der Waals surface area contributed by atoms with Crippen molar-refractivity contribution in [1.82, 2.24) is 5.32 Å². The minimum absolute atomic E-state index is 0.410. The lowest BCUT2D eigenvalue weighted by molar-refractivity contribution is 0.302. The first-order valence-corrected chi connectivity index (χ1v) is 12.0. The number of rotatable bonds is 9. The van der Waals surface area contributed by atoms with Crippen molar-refractivity contribution in [3.8, 4) is 0 Å². The fraction of sp³-hybridized carbons (Fsp3) is 0.684. The Hall–Kier alpha value is -0.603. The third-order valence-corrected chi connectivity index (χ3v) is 6.28. The van der Waals surface area contributed by atoms with Gasteiger partial charge >= 0.3 is 0 Å². The Morgan fingerprint density at radius 3 is 2.14 bits per heavy atom. The largest absolute Gasteiger partial charge is 0.312 e. The van der Waals surface area contributed by atoms with Gasteiger partial charge in [-0.2, -0.15) is 0 Å². The maximum Gasteiger partial charge on any atom is 0.0775 e. The molecule has 21 heavy (non-hydrogen) atoms. The van der Waals surface area contributed by atoms with Crippen LogP contribution in [0.25, 0.3) is 0 Å². The molecule has 2 heteroatoms. The van der Waals surface area contributed by atoms with Gasteiger partial charge in [-0.25, -0.2) is 0 Å². The zero-order chi connectivity index (χ0) is 15.9. The van der Waals surface area contributed by atoms with Gasteiger partial charge in [-0.1, -0.05) is 89.1 Å². The lowest BCUT2D eigenvalue weighted by Gasteiger charge is -2.25. The van der Waals surface area contributed by atoms with E-state index in [-0.39, 0.29) is 0 Å². The summed E-state index contributed by atoms with van der Waals surface area (Å²) in [6.45, 7) is 16.3. The molecule has 0 aliphatic heterocycles. The van der Waals surface area contributed by atoms with Crippen LogP contribution in [0.2, 0.25) is 19.6 Å². The average molecular weight is 306 g/mol. The van der Waals surface area contributed by atoms with Gasteiger partial charge in [0.05, 0.1) is 8.07 Å². The van der Waals surface area contributed by atoms with Crippen LogP contribution in [0.4, 0.5) is 0 Å². The van der Waals surface area contributed by atoms with Crippen LogP contribution >= 0.6 is 0 Å². The van der Waals surface area contributed by atoms with Crippen molar-refractivity contribution in [3.63, 3.8) is 0 Å². The van der Waals surface area contributed by atoms with Crippen molar-refractivity contribution in [2.24, 2.45) is 5.41 Å². The van der Waals surface area contributed by atoms with E-state index in [1.54, 1.807) is 5.19 Å². The quantitative estimate of drug-likeness (QED) is 0.504. The van der Waals surface area contributed by atoms with Gasteiger partial charge in [-0.15, -0.1) is 0 Å². The fourth-order valence-electron chi connectivity index (χ4n) is 2.61. The highest BCUT2D eigenvalue weighted by molar-refractivity contribution is 6.88. The second-order valence-electron chi connectivity index (χ2n) is 8.17. The molecule has 0 saturated heterocycles. The van der Waals surface area contributed by atoms with E-state index in [2.05, 4.69) is 70.0 Å². The number of unbranched alkanes of at least 4 members (excludes halogenated alkanes) is 2. The van der Waals surface area contributed by atoms with Crippen LogP contribution < -0.4 is 10.5 Å². The van der Waals surface area contributed by atoms with E-state index in [1.165, 1.54) is 31.2 Å². The van der Waals surface area contributed by atoms with E-state index in [1.807, 2.05) is 0 Å². The zero-order valence-corrected chi connectivity index (χ0v) is 16.1. The SMILES string of the molecule is CCCCCC(C)(C)CNCc1ccc([Si](C)(C)C)cc1. The zero-order valence-electron chi connectivity index (χ0n) is 15.1. The van der Waals surface area contributed by atoms with Gasteiger partial charge in [0, 0.05) is 13.1 Å². The second-order valence-corrected chi connectivity index (χ2v) is 13.2. The first-order chi connectivity index (χ1) is 9.74. The normalized spacial score (nSPS) is 12.7. The van der Waals surface area contributed by atoms with E-state index >= 15 is 0 Å². The number of nitrogens with one attached hydrogen (secondary N) is 1. The second kappa shape index (κ2) is 8.14. The van der Waals surface area contributed by atoms with Gasteiger partial charge in [0.25, 0.3) is 0 Å². The molecule has 0 bridgehead atoms. The monoisotopic (exact) mass is 305 g/mol. The number of hydrogen-bond acceptors (Lipinski definition) is 1. The van der Waals surface area contributed by atoms with Gasteiger partial charge in [0.2, 0.25) is 0 Å². The van der Waals surface area contributed by atoms with Crippen LogP contribution in [0.3, 0.4) is 0 Å². The summed E-state index contributed by atoms with van der Waals surface area (Å²) in [6.07, 6.45) is 5.35. The van der Waals surface area contributed by atoms with Crippen molar-refractivity contribution in [3.05, 3.63) is 29.8 Å². The molecular weight excluding hydrogens is 270 g/mol. The standard InChI is InChI=1S/C19H35NSi/c1-7-8-9-14-19(2,3)16-20-15-17-10-12-18(13-11-17)21(4,5)6/h10-13,20H,7-9,14-16H2,1-6H3. The summed E-state index contributed by atoms with van der Waals surface area (Å²) in [5, 5.41) is 5.19. The van der Waals surface area contributed by atoms with Crippen LogP contribution in [-0.2, 0) is 6.54 Å². The third-order valence-electron chi connectivity index (χ3n) is 4.21. The molecule has 0 aromatic heterocycles. The molecule has 0 amide bonds. The Balaban J connectivity index is 2.38. The average Bonchev–Trinajstić information content (AvgIpc) is 2.38. The molecule has 0 saturated carbocycles. The Morgan fingerprint density at radius 2 is 1.62 bits per heavy atom. The Bertz CT molecular complexity index is 401. The van der Waals surface area contributed by atoms with Crippen LogP contribution in [0.15, 0.2) is 24.3 Å². The maximum absolute atomic E-state index is 3.64. The van der Waals surface area contributed by atoms with Crippen molar-refractivity contribution in [1.29, 1.82) is 0 Å². The smallest absolute Gasteiger partial charge is 0.0775 e. The van der Waals surface area contributed by atoms with Gasteiger partial charge in [0.1, 0.15) is 0 Å². The molecule has 1 aromatic rings. The number of hydrogen-bond donors (Lipinski definition) is 1. The van der Waals surface area contributed by atoms with Crippen LogP contribution in [0.1, 0.15) is 52.0 Å². The van der Waals surface area contributed by atoms with Gasteiger partial charge in [0.15, 0.2) is 0 Å². The summed E-state index contributed by atoms with van der Waals surface area (Å²) in [5.74, 6) is 0. The highest BCUT2D eigenvalue weighted by Gasteiger charge is 2.17. The van der Waals surface area contributed by atoms with Gasteiger partial charge in [-0.3, -0.25) is 0 Å². The molecule has 0 atom stereocenters. The molecule has 0 aliphatic carbocycles. The summed E-state index contributed by atoms with van der Waals surface area (Å²) in [4.78, 5) is 0. The highest BCUT2D eigenvalue weighted by atomic mass is 28.3. The van der Waals surface area contributed by atoms with Gasteiger partial charge < -0.3 is 5.32 Å². The van der Waals surface area contributed by atoms with E-state index < -0.39 is 8.07 Å². The molecule has 0 radical (unpaired) electrons. The van der Waals surface area contributed by atoms with Crippen molar-refractivity contribution in [2.75, 3.05) is 6.54 Å². The third kappa shape index (κ3) is 7.28. The maximum atomic E-state index is 3.64. The lowest BCUT2D eigenvalue weighted by atomic mass is 9.87. The number of benzene rings is 1. The molecule has 1 aromatic carbocycles. The summed E-state index contributed by atoms with van der Waals surface area (Å²) in [5.41, 5.74) is 1.81. The molecular formula is C19H35NSi. The van der Waals surface area contributed by atoms with E-state index in [4.69, 9.17) is 0 Å². The molecule has 1 nitrogen and oxygen atoms in total. The molecule has 1 rings (SSSR count). The minimum atomic E-state index is -1.16. The summed E-state index contributed by atoms with van der Waals surface area (Å²) in [7, 11) is -1.16. The Morgan fingerprint density at radius 1 is 1.00 bits per heavy atom. The lowest BCUT2D eigenvalue weighted by Crippen LogP contribution is -2.37. The fourth-order valence-corrected chi connectivity index (χ4v) is 3.78. The van der Waals surface area contributed by atoms with Crippen LogP contribution in [0.5, 0.6) is 0 Å². The summed E-state index contributed by atoms with van der Waals surface area (Å²) >= 11 is 0. The van der Waals surface area contributed by atoms with Crippen molar-refractivity contribution in [2.45, 2.75) is 72.6 Å². The Labute approximate surface area is 133 Å². The predicted octanol–water partition coefficient (Wildman–Crippen LogP) is 4.93. The molecule has 0 fully saturated rings. The van der Waals surface area contributed by atoms with Gasteiger partial charge in [-0.05, 0) is 17.4 Å². The molecule has 0 heterocycles. The Kier molecular flexibility index (Phi) is 7.15. The van der Waals surface area contributed by atoms with E-state index in [0.29, 0.717) is 5.41 Å². The van der Waals surface area contributed by atoms with Crippen LogP contribution in [0, 0.1) is 5.41 Å². The van der Waals surface area contributed by atoms with Crippen molar-refractivity contribution >= 4 is 13.3 Å². The van der Waals surface area contributed by atoms with E-state index in [0.717, 1.165) is 13.1 Å². The summed E-state index contributed by atoms with van der Waals surface area (Å²) in [6, 6.07) is 9.25. The first kappa shape index (κ1) is 18.4. The molecule has 1 N–H and O–H groups in total.